The Labute approximate surface area is 133 Å². The van der Waals surface area contributed by atoms with Crippen LogP contribution in [0.3, 0.4) is 0 Å². The number of benzene rings is 1. The number of ether oxygens (including phenoxy) is 1. The summed E-state index contributed by atoms with van der Waals surface area (Å²) in [7, 11) is 0. The number of pyridine rings is 1. The van der Waals surface area contributed by atoms with Crippen LogP contribution in [0.1, 0.15) is 31.2 Å². The second-order valence-electron chi connectivity index (χ2n) is 5.99. The molecule has 1 aliphatic heterocycles. The highest BCUT2D eigenvalue weighted by Crippen LogP contribution is 2.44. The highest BCUT2D eigenvalue weighted by atomic mass is 79.9. The average molecular weight is 348 g/mol. The van der Waals surface area contributed by atoms with Gasteiger partial charge in [0.05, 0.1) is 10.9 Å². The molecule has 0 saturated carbocycles. The minimum Gasteiger partial charge on any atom is -0.486 e. The first kappa shape index (κ1) is 14.5. The van der Waals surface area contributed by atoms with E-state index in [1.54, 1.807) is 6.20 Å². The molecule has 2 unspecified atom stereocenters. The first-order valence-electron chi connectivity index (χ1n) is 6.96. The molecule has 1 aromatic heterocycles. The van der Waals surface area contributed by atoms with Crippen molar-refractivity contribution in [3.8, 4) is 16.9 Å². The second-order valence-corrected chi connectivity index (χ2v) is 6.98. The topological polar surface area (TPSA) is 42.4 Å². The first-order chi connectivity index (χ1) is 9.88. The fourth-order valence-corrected chi connectivity index (χ4v) is 3.03. The molecule has 0 saturated heterocycles. The summed E-state index contributed by atoms with van der Waals surface area (Å²) in [4.78, 5) is 4.07. The Balaban J connectivity index is 2.07. The number of alkyl halides is 1. The van der Waals surface area contributed by atoms with Gasteiger partial charge in [0.25, 0.3) is 0 Å². The molecule has 3 nitrogen and oxygen atoms in total. The average Bonchev–Trinajstić information content (AvgIpc) is 2.44. The van der Waals surface area contributed by atoms with Gasteiger partial charge in [-0.25, -0.2) is 0 Å². The van der Waals surface area contributed by atoms with E-state index in [2.05, 4.69) is 20.9 Å². The molecule has 1 N–H and O–H groups in total. The molecule has 0 amide bonds. The van der Waals surface area contributed by atoms with Gasteiger partial charge in [-0.2, -0.15) is 0 Å². The van der Waals surface area contributed by atoms with E-state index in [9.17, 15) is 5.11 Å². The highest BCUT2D eigenvalue weighted by molar-refractivity contribution is 9.09. The van der Waals surface area contributed by atoms with E-state index in [1.165, 1.54) is 0 Å². The van der Waals surface area contributed by atoms with Crippen LogP contribution in [0, 0.1) is 6.92 Å². The smallest absolute Gasteiger partial charge is 0.126 e. The summed E-state index contributed by atoms with van der Waals surface area (Å²) in [6, 6.07) is 9.96. The van der Waals surface area contributed by atoms with Gasteiger partial charge in [-0.05, 0) is 56.2 Å². The Morgan fingerprint density at radius 2 is 1.90 bits per heavy atom. The minimum atomic E-state index is -0.591. The zero-order valence-corrected chi connectivity index (χ0v) is 13.9. The molecule has 0 radical (unpaired) electrons. The van der Waals surface area contributed by atoms with Crippen molar-refractivity contribution in [3.05, 3.63) is 47.8 Å². The van der Waals surface area contributed by atoms with Crippen LogP contribution in [-0.2, 0) is 0 Å². The normalized spacial score (nSPS) is 23.3. The van der Waals surface area contributed by atoms with E-state index >= 15 is 0 Å². The number of fused-ring (bicyclic) bond motifs is 1. The zero-order valence-electron chi connectivity index (χ0n) is 12.3. The summed E-state index contributed by atoms with van der Waals surface area (Å²) in [5.41, 5.74) is 3.50. The maximum Gasteiger partial charge on any atom is 0.126 e. The lowest BCUT2D eigenvalue weighted by molar-refractivity contribution is 0.0226. The Morgan fingerprint density at radius 1 is 1.19 bits per heavy atom. The van der Waals surface area contributed by atoms with Crippen LogP contribution in [0.2, 0.25) is 0 Å². The van der Waals surface area contributed by atoms with Crippen LogP contribution in [0.15, 0.2) is 36.5 Å². The molecular formula is C17H18BrNO2. The molecule has 1 aromatic carbocycles. The SMILES string of the molecule is Cc1cc(-c2ccc3c(c2)C(O)C(Br)C(C)(C)O3)ccn1. The third-order valence-corrected chi connectivity index (χ3v) is 5.48. The lowest BCUT2D eigenvalue weighted by Gasteiger charge is -2.40. The molecular weight excluding hydrogens is 330 g/mol. The molecule has 110 valence electrons. The van der Waals surface area contributed by atoms with Crippen LogP contribution in [0.25, 0.3) is 11.1 Å². The predicted octanol–water partition coefficient (Wildman–Crippen LogP) is 4.02. The van der Waals surface area contributed by atoms with Crippen molar-refractivity contribution < 1.29 is 9.84 Å². The highest BCUT2D eigenvalue weighted by Gasteiger charge is 2.41. The molecule has 3 rings (SSSR count). The molecule has 0 fully saturated rings. The molecule has 0 bridgehead atoms. The molecule has 2 atom stereocenters. The second kappa shape index (κ2) is 5.11. The third-order valence-electron chi connectivity index (χ3n) is 3.87. The molecule has 1 aliphatic rings. The molecule has 0 aliphatic carbocycles. The van der Waals surface area contributed by atoms with Gasteiger partial charge < -0.3 is 9.84 Å². The van der Waals surface area contributed by atoms with Gasteiger partial charge in [0.2, 0.25) is 0 Å². The van der Waals surface area contributed by atoms with Crippen LogP contribution >= 0.6 is 15.9 Å². The van der Waals surface area contributed by atoms with Crippen molar-refractivity contribution in [1.29, 1.82) is 0 Å². The number of hydrogen-bond donors (Lipinski definition) is 1. The fraction of sp³-hybridized carbons (Fsp3) is 0.353. The van der Waals surface area contributed by atoms with E-state index in [4.69, 9.17) is 4.74 Å². The molecule has 2 aromatic rings. The number of aryl methyl sites for hydroxylation is 1. The van der Waals surface area contributed by atoms with E-state index in [0.717, 1.165) is 28.1 Å². The van der Waals surface area contributed by atoms with Gasteiger partial charge in [0, 0.05) is 17.5 Å². The maximum absolute atomic E-state index is 10.6. The van der Waals surface area contributed by atoms with Gasteiger partial charge in [-0.15, -0.1) is 0 Å². The Kier molecular flexibility index (Phi) is 3.54. The van der Waals surface area contributed by atoms with Gasteiger partial charge >= 0.3 is 0 Å². The molecule has 4 heteroatoms. The number of aliphatic hydroxyl groups is 1. The summed E-state index contributed by atoms with van der Waals surface area (Å²) in [6.45, 7) is 5.91. The van der Waals surface area contributed by atoms with E-state index in [1.807, 2.05) is 51.1 Å². The number of halogens is 1. The van der Waals surface area contributed by atoms with Crippen molar-refractivity contribution in [2.75, 3.05) is 0 Å². The van der Waals surface area contributed by atoms with Gasteiger partial charge in [0.1, 0.15) is 11.4 Å². The van der Waals surface area contributed by atoms with Gasteiger partial charge in [-0.1, -0.05) is 22.0 Å². The molecule has 21 heavy (non-hydrogen) atoms. The van der Waals surface area contributed by atoms with Crippen LogP contribution in [0.5, 0.6) is 5.75 Å². The summed E-state index contributed by atoms with van der Waals surface area (Å²) in [5, 5.41) is 10.6. The Morgan fingerprint density at radius 3 is 2.62 bits per heavy atom. The largest absolute Gasteiger partial charge is 0.486 e. The summed E-state index contributed by atoms with van der Waals surface area (Å²) < 4.78 is 6.00. The van der Waals surface area contributed by atoms with Crippen molar-refractivity contribution in [1.82, 2.24) is 4.98 Å². The van der Waals surface area contributed by atoms with Crippen molar-refractivity contribution >= 4 is 15.9 Å². The number of hydrogen-bond acceptors (Lipinski definition) is 3. The number of nitrogens with zero attached hydrogens (tertiary/aromatic N) is 1. The van der Waals surface area contributed by atoms with Gasteiger partial charge in [-0.3, -0.25) is 4.98 Å². The van der Waals surface area contributed by atoms with Gasteiger partial charge in [0.15, 0.2) is 0 Å². The number of aliphatic hydroxyl groups excluding tert-OH is 1. The zero-order chi connectivity index (χ0) is 15.2. The van der Waals surface area contributed by atoms with Crippen molar-refractivity contribution in [2.45, 2.75) is 37.3 Å². The van der Waals surface area contributed by atoms with E-state index < -0.39 is 11.7 Å². The quantitative estimate of drug-likeness (QED) is 0.792. The summed E-state index contributed by atoms with van der Waals surface area (Å²) >= 11 is 3.55. The van der Waals surface area contributed by atoms with E-state index in [0.29, 0.717) is 0 Å². The number of rotatable bonds is 1. The summed E-state index contributed by atoms with van der Waals surface area (Å²) in [6.07, 6.45) is 1.21. The van der Waals surface area contributed by atoms with Crippen molar-refractivity contribution in [2.24, 2.45) is 0 Å². The van der Waals surface area contributed by atoms with Crippen molar-refractivity contribution in [3.63, 3.8) is 0 Å². The van der Waals surface area contributed by atoms with E-state index in [-0.39, 0.29) is 4.83 Å². The summed E-state index contributed by atoms with van der Waals surface area (Å²) in [5.74, 6) is 0.748. The fourth-order valence-electron chi connectivity index (χ4n) is 2.65. The minimum absolute atomic E-state index is 0.146. The number of aromatic nitrogens is 1. The third kappa shape index (κ3) is 2.58. The standard InChI is InChI=1S/C17H18BrNO2/c1-10-8-12(6-7-19-10)11-4-5-14-13(9-11)15(20)16(18)17(2,3)21-14/h4-9,15-16,20H,1-3H3. The molecule has 0 spiro atoms. The Hall–Kier alpha value is -1.39. The lowest BCUT2D eigenvalue weighted by atomic mass is 9.90. The van der Waals surface area contributed by atoms with Crippen LogP contribution in [-0.4, -0.2) is 20.5 Å². The maximum atomic E-state index is 10.6. The van der Waals surface area contributed by atoms with Crippen LogP contribution in [0.4, 0.5) is 0 Å². The molecule has 2 heterocycles. The lowest BCUT2D eigenvalue weighted by Crippen LogP contribution is -2.45. The Bertz CT molecular complexity index is 684. The first-order valence-corrected chi connectivity index (χ1v) is 7.88. The van der Waals surface area contributed by atoms with Crippen LogP contribution < -0.4 is 4.74 Å². The monoisotopic (exact) mass is 347 g/mol. The predicted molar refractivity (Wildman–Crippen MR) is 86.8 cm³/mol.